The number of nitrogens with one attached hydrogen (secondary N) is 1. The second kappa shape index (κ2) is 5.13. The highest BCUT2D eigenvalue weighted by atomic mass is 16.2. The molecule has 1 aliphatic rings. The zero-order valence-corrected chi connectivity index (χ0v) is 11.5. The molecule has 1 saturated heterocycles. The molecule has 2 unspecified atom stereocenters. The van der Waals surface area contributed by atoms with Crippen molar-refractivity contribution in [3.05, 3.63) is 48.0 Å². The monoisotopic (exact) mass is 269 g/mol. The molecule has 0 saturated carbocycles. The average Bonchev–Trinajstić information content (AvgIpc) is 2.87. The third-order valence-corrected chi connectivity index (χ3v) is 4.01. The van der Waals surface area contributed by atoms with Crippen molar-refractivity contribution in [3.63, 3.8) is 0 Å². The Bertz CT molecular complexity index is 635. The van der Waals surface area contributed by atoms with Gasteiger partial charge in [-0.05, 0) is 23.3 Å². The van der Waals surface area contributed by atoms with Gasteiger partial charge in [-0.2, -0.15) is 0 Å². The number of carbonyl (C=O) groups excluding carboxylic acids is 1. The van der Waals surface area contributed by atoms with Gasteiger partial charge in [0.1, 0.15) is 0 Å². The summed E-state index contributed by atoms with van der Waals surface area (Å²) >= 11 is 0. The standard InChI is InChI=1S/C16H19N3O/c1-11(9-17)19-10-15(18-16(19)20)14-8-4-6-12-5-2-3-7-13(12)14/h2-8,11,15H,9-10,17H2,1H3,(H,18,20). The van der Waals surface area contributed by atoms with Gasteiger partial charge in [0.25, 0.3) is 0 Å². The number of hydrogen-bond donors (Lipinski definition) is 2. The lowest BCUT2D eigenvalue weighted by Gasteiger charge is -2.21. The number of urea groups is 1. The lowest BCUT2D eigenvalue weighted by Crippen LogP contribution is -2.40. The van der Waals surface area contributed by atoms with Gasteiger partial charge in [-0.15, -0.1) is 0 Å². The van der Waals surface area contributed by atoms with Gasteiger partial charge < -0.3 is 16.0 Å². The van der Waals surface area contributed by atoms with Crippen LogP contribution in [0.25, 0.3) is 10.8 Å². The van der Waals surface area contributed by atoms with E-state index >= 15 is 0 Å². The zero-order valence-electron chi connectivity index (χ0n) is 11.5. The first-order valence-corrected chi connectivity index (χ1v) is 6.95. The number of nitrogens with two attached hydrogens (primary N) is 1. The van der Waals surface area contributed by atoms with Crippen molar-refractivity contribution in [2.75, 3.05) is 13.1 Å². The maximum atomic E-state index is 12.1. The van der Waals surface area contributed by atoms with Crippen molar-refractivity contribution in [2.24, 2.45) is 5.73 Å². The zero-order chi connectivity index (χ0) is 14.1. The highest BCUT2D eigenvalue weighted by Crippen LogP contribution is 2.28. The van der Waals surface area contributed by atoms with Crippen LogP contribution in [0.2, 0.25) is 0 Å². The molecule has 1 fully saturated rings. The smallest absolute Gasteiger partial charge is 0.318 e. The van der Waals surface area contributed by atoms with E-state index < -0.39 is 0 Å². The van der Waals surface area contributed by atoms with Crippen LogP contribution in [0.4, 0.5) is 4.79 Å². The molecule has 2 aromatic rings. The minimum absolute atomic E-state index is 0.0270. The van der Waals surface area contributed by atoms with Crippen molar-refractivity contribution in [3.8, 4) is 0 Å². The van der Waals surface area contributed by atoms with Crippen LogP contribution in [-0.4, -0.2) is 30.1 Å². The summed E-state index contributed by atoms with van der Waals surface area (Å²) in [7, 11) is 0. The van der Waals surface area contributed by atoms with E-state index in [2.05, 4.69) is 29.6 Å². The molecule has 0 bridgehead atoms. The lowest BCUT2D eigenvalue weighted by atomic mass is 9.99. The minimum atomic E-state index is -0.0270. The van der Waals surface area contributed by atoms with E-state index in [9.17, 15) is 4.79 Å². The van der Waals surface area contributed by atoms with E-state index in [1.165, 1.54) is 16.3 Å². The van der Waals surface area contributed by atoms with E-state index in [1.54, 1.807) is 0 Å². The van der Waals surface area contributed by atoms with Crippen LogP contribution in [0.5, 0.6) is 0 Å². The highest BCUT2D eigenvalue weighted by molar-refractivity contribution is 5.87. The number of amides is 2. The molecule has 0 aromatic heterocycles. The molecule has 4 heteroatoms. The van der Waals surface area contributed by atoms with Crippen LogP contribution in [0, 0.1) is 0 Å². The van der Waals surface area contributed by atoms with E-state index in [1.807, 2.05) is 30.0 Å². The van der Waals surface area contributed by atoms with Gasteiger partial charge in [-0.1, -0.05) is 42.5 Å². The molecule has 2 atom stereocenters. The van der Waals surface area contributed by atoms with Crippen LogP contribution in [0.15, 0.2) is 42.5 Å². The third kappa shape index (κ3) is 2.12. The number of rotatable bonds is 3. The Hall–Kier alpha value is -2.07. The van der Waals surface area contributed by atoms with E-state index in [-0.39, 0.29) is 18.1 Å². The molecule has 104 valence electrons. The number of benzene rings is 2. The summed E-state index contributed by atoms with van der Waals surface area (Å²) in [6.45, 7) is 3.13. The molecule has 20 heavy (non-hydrogen) atoms. The molecule has 0 radical (unpaired) electrons. The Kier molecular flexibility index (Phi) is 3.32. The summed E-state index contributed by atoms with van der Waals surface area (Å²) in [6, 6.07) is 14.5. The molecule has 0 aliphatic carbocycles. The van der Waals surface area contributed by atoms with Crippen LogP contribution in [0.1, 0.15) is 18.5 Å². The van der Waals surface area contributed by atoms with Crippen LogP contribution in [-0.2, 0) is 0 Å². The third-order valence-electron chi connectivity index (χ3n) is 4.01. The Morgan fingerprint density at radius 2 is 2.05 bits per heavy atom. The molecular formula is C16H19N3O. The van der Waals surface area contributed by atoms with Crippen molar-refractivity contribution in [1.82, 2.24) is 10.2 Å². The predicted octanol–water partition coefficient (Wildman–Crippen LogP) is 2.25. The molecule has 1 heterocycles. The second-order valence-corrected chi connectivity index (χ2v) is 5.31. The summed E-state index contributed by atoms with van der Waals surface area (Å²) < 4.78 is 0. The average molecular weight is 269 g/mol. The minimum Gasteiger partial charge on any atom is -0.329 e. The van der Waals surface area contributed by atoms with Gasteiger partial charge in [0.05, 0.1) is 6.04 Å². The molecule has 4 nitrogen and oxygen atoms in total. The fourth-order valence-electron chi connectivity index (χ4n) is 2.79. The molecule has 2 amide bonds. The van der Waals surface area contributed by atoms with Gasteiger partial charge in [-0.25, -0.2) is 4.79 Å². The second-order valence-electron chi connectivity index (χ2n) is 5.31. The topological polar surface area (TPSA) is 58.4 Å². The van der Waals surface area contributed by atoms with Gasteiger partial charge in [0.15, 0.2) is 0 Å². The summed E-state index contributed by atoms with van der Waals surface area (Å²) in [5, 5.41) is 5.45. The van der Waals surface area contributed by atoms with Crippen molar-refractivity contribution in [2.45, 2.75) is 19.0 Å². The van der Waals surface area contributed by atoms with Gasteiger partial charge >= 0.3 is 6.03 Å². The van der Waals surface area contributed by atoms with Crippen LogP contribution < -0.4 is 11.1 Å². The molecule has 3 rings (SSSR count). The fraction of sp³-hybridized carbons (Fsp3) is 0.312. The molecule has 0 spiro atoms. The first-order chi connectivity index (χ1) is 9.70. The van der Waals surface area contributed by atoms with Crippen molar-refractivity contribution >= 4 is 16.8 Å². The Morgan fingerprint density at radius 3 is 2.85 bits per heavy atom. The number of nitrogens with zero attached hydrogens (tertiary/aromatic N) is 1. The van der Waals surface area contributed by atoms with Gasteiger partial charge in [-0.3, -0.25) is 0 Å². The predicted molar refractivity (Wildman–Crippen MR) is 80.4 cm³/mol. The Balaban J connectivity index is 1.95. The first-order valence-electron chi connectivity index (χ1n) is 6.95. The molecular weight excluding hydrogens is 250 g/mol. The highest BCUT2D eigenvalue weighted by Gasteiger charge is 2.32. The summed E-state index contributed by atoms with van der Waals surface area (Å²) in [6.07, 6.45) is 0. The quantitative estimate of drug-likeness (QED) is 0.898. The van der Waals surface area contributed by atoms with Crippen LogP contribution in [0.3, 0.4) is 0 Å². The Morgan fingerprint density at radius 1 is 1.30 bits per heavy atom. The number of carbonyl (C=O) groups is 1. The fourth-order valence-corrected chi connectivity index (χ4v) is 2.79. The Labute approximate surface area is 118 Å². The molecule has 1 aliphatic heterocycles. The molecule has 3 N–H and O–H groups in total. The first kappa shape index (κ1) is 12.9. The van der Waals surface area contributed by atoms with E-state index in [4.69, 9.17) is 5.73 Å². The SMILES string of the molecule is CC(CN)N1CC(c2cccc3ccccc23)NC1=O. The van der Waals surface area contributed by atoms with E-state index in [0.29, 0.717) is 13.1 Å². The van der Waals surface area contributed by atoms with Crippen LogP contribution >= 0.6 is 0 Å². The lowest BCUT2D eigenvalue weighted by molar-refractivity contribution is 0.203. The number of fused-ring (bicyclic) bond motifs is 1. The maximum Gasteiger partial charge on any atom is 0.318 e. The largest absolute Gasteiger partial charge is 0.329 e. The van der Waals surface area contributed by atoms with Crippen molar-refractivity contribution in [1.29, 1.82) is 0 Å². The van der Waals surface area contributed by atoms with Gasteiger partial charge in [0, 0.05) is 19.1 Å². The van der Waals surface area contributed by atoms with Gasteiger partial charge in [0.2, 0.25) is 0 Å². The maximum absolute atomic E-state index is 12.1. The van der Waals surface area contributed by atoms with Crippen molar-refractivity contribution < 1.29 is 4.79 Å². The number of hydrogen-bond acceptors (Lipinski definition) is 2. The summed E-state index contributed by atoms with van der Waals surface area (Å²) in [4.78, 5) is 13.9. The summed E-state index contributed by atoms with van der Waals surface area (Å²) in [5.74, 6) is 0. The normalized spacial score (nSPS) is 20.2. The summed E-state index contributed by atoms with van der Waals surface area (Å²) in [5.41, 5.74) is 6.84. The van der Waals surface area contributed by atoms with E-state index in [0.717, 1.165) is 0 Å². The molecule has 2 aromatic carbocycles.